The summed E-state index contributed by atoms with van der Waals surface area (Å²) in [6.07, 6.45) is 7.07. The van der Waals surface area contributed by atoms with Crippen LogP contribution in [0.4, 0.5) is 0 Å². The maximum absolute atomic E-state index is 5.60. The highest BCUT2D eigenvalue weighted by Crippen LogP contribution is 2.61. The molecule has 1 saturated carbocycles. The lowest BCUT2D eigenvalue weighted by Gasteiger charge is -2.28. The van der Waals surface area contributed by atoms with Gasteiger partial charge in [-0.2, -0.15) is 0 Å². The molecule has 1 N–H and O–H groups in total. The van der Waals surface area contributed by atoms with Crippen LogP contribution < -0.4 is 5.32 Å². The minimum Gasteiger partial charge on any atom is -0.381 e. The zero-order valence-electron chi connectivity index (χ0n) is 8.93. The van der Waals surface area contributed by atoms with Crippen LogP contribution in [-0.2, 0) is 4.74 Å². The van der Waals surface area contributed by atoms with Crippen LogP contribution in [0.5, 0.6) is 0 Å². The molecule has 3 fully saturated rings. The number of hydrogen-bond donors (Lipinski definition) is 1. The third kappa shape index (κ3) is 1.49. The van der Waals surface area contributed by atoms with Crippen molar-refractivity contribution < 1.29 is 4.74 Å². The largest absolute Gasteiger partial charge is 0.381 e. The molecule has 1 aliphatic carbocycles. The number of nitrogens with one attached hydrogen (secondary N) is 1. The van der Waals surface area contributed by atoms with Gasteiger partial charge in [0.25, 0.3) is 0 Å². The first-order valence-corrected chi connectivity index (χ1v) is 6.19. The first-order valence-electron chi connectivity index (χ1n) is 6.19. The minimum absolute atomic E-state index is 0.712. The predicted octanol–water partition coefficient (Wildman–Crippen LogP) is 1.80. The first kappa shape index (κ1) is 9.17. The molecule has 3 rings (SSSR count). The van der Waals surface area contributed by atoms with Crippen molar-refractivity contribution in [1.29, 1.82) is 0 Å². The van der Waals surface area contributed by atoms with Gasteiger partial charge in [0.2, 0.25) is 0 Å². The fourth-order valence-electron chi connectivity index (χ4n) is 3.61. The van der Waals surface area contributed by atoms with Crippen molar-refractivity contribution >= 4 is 0 Å². The van der Waals surface area contributed by atoms with Crippen LogP contribution in [0, 0.1) is 17.3 Å². The van der Waals surface area contributed by atoms with Crippen LogP contribution in [-0.4, -0.2) is 26.3 Å². The molecule has 1 spiro atoms. The van der Waals surface area contributed by atoms with E-state index in [9.17, 15) is 0 Å². The molecule has 2 nitrogen and oxygen atoms in total. The van der Waals surface area contributed by atoms with Crippen molar-refractivity contribution in [3.05, 3.63) is 0 Å². The maximum atomic E-state index is 5.60. The molecule has 0 aromatic rings. The molecule has 2 heteroatoms. The molecule has 3 unspecified atom stereocenters. The lowest BCUT2D eigenvalue weighted by Crippen LogP contribution is -2.34. The van der Waals surface area contributed by atoms with Gasteiger partial charge in [-0.15, -0.1) is 0 Å². The Morgan fingerprint density at radius 3 is 3.00 bits per heavy atom. The van der Waals surface area contributed by atoms with Crippen molar-refractivity contribution in [2.24, 2.45) is 17.3 Å². The average Bonchev–Trinajstić information content (AvgIpc) is 2.95. The van der Waals surface area contributed by atoms with E-state index in [2.05, 4.69) is 5.32 Å². The minimum atomic E-state index is 0.712. The molecule has 80 valence electrons. The smallest absolute Gasteiger partial charge is 0.0497 e. The topological polar surface area (TPSA) is 21.3 Å². The summed E-state index contributed by atoms with van der Waals surface area (Å²) in [6, 6.07) is 0. The molecule has 0 amide bonds. The van der Waals surface area contributed by atoms with Crippen molar-refractivity contribution in [3.63, 3.8) is 0 Å². The molecule has 0 bridgehead atoms. The van der Waals surface area contributed by atoms with E-state index in [0.717, 1.165) is 25.0 Å². The van der Waals surface area contributed by atoms with Crippen LogP contribution in [0.25, 0.3) is 0 Å². The van der Waals surface area contributed by atoms with E-state index in [1.807, 2.05) is 0 Å². The van der Waals surface area contributed by atoms with Crippen LogP contribution >= 0.6 is 0 Å². The Bertz CT molecular complexity index is 204. The Morgan fingerprint density at radius 2 is 2.29 bits per heavy atom. The monoisotopic (exact) mass is 195 g/mol. The molecule has 3 atom stereocenters. The van der Waals surface area contributed by atoms with Gasteiger partial charge in [0.1, 0.15) is 0 Å². The van der Waals surface area contributed by atoms with Gasteiger partial charge in [0, 0.05) is 19.8 Å². The predicted molar refractivity (Wildman–Crippen MR) is 56.2 cm³/mol. The molecule has 2 aliphatic heterocycles. The molecule has 14 heavy (non-hydrogen) atoms. The fourth-order valence-corrected chi connectivity index (χ4v) is 3.61. The van der Waals surface area contributed by atoms with Crippen LogP contribution in [0.3, 0.4) is 0 Å². The van der Waals surface area contributed by atoms with E-state index in [0.29, 0.717) is 5.41 Å². The molecule has 2 heterocycles. The van der Waals surface area contributed by atoms with Gasteiger partial charge in [-0.1, -0.05) is 0 Å². The summed E-state index contributed by atoms with van der Waals surface area (Å²) in [5, 5.41) is 3.57. The molecular formula is C12H21NO. The van der Waals surface area contributed by atoms with Crippen LogP contribution in [0.2, 0.25) is 0 Å². The summed E-state index contributed by atoms with van der Waals surface area (Å²) in [6.45, 7) is 4.59. The van der Waals surface area contributed by atoms with Gasteiger partial charge in [-0.25, -0.2) is 0 Å². The van der Waals surface area contributed by atoms with Crippen molar-refractivity contribution in [2.75, 3.05) is 26.3 Å². The Morgan fingerprint density at radius 1 is 1.29 bits per heavy atom. The van der Waals surface area contributed by atoms with Crippen LogP contribution in [0.1, 0.15) is 32.1 Å². The normalized spacial score (nSPS) is 48.0. The second-order valence-electron chi connectivity index (χ2n) is 5.43. The molecule has 2 saturated heterocycles. The summed E-state index contributed by atoms with van der Waals surface area (Å²) in [5.41, 5.74) is 0.712. The third-order valence-electron chi connectivity index (χ3n) is 4.52. The standard InChI is InChI=1S/C12H21NO/c1-3-10(8-14-6-1)11-7-12(11)4-2-5-13-9-12/h10-11,13H,1-9H2. The van der Waals surface area contributed by atoms with E-state index in [-0.39, 0.29) is 0 Å². The van der Waals surface area contributed by atoms with E-state index >= 15 is 0 Å². The lowest BCUT2D eigenvalue weighted by molar-refractivity contribution is 0.0390. The van der Waals surface area contributed by atoms with Gasteiger partial charge in [0.15, 0.2) is 0 Å². The highest BCUT2D eigenvalue weighted by atomic mass is 16.5. The summed E-state index contributed by atoms with van der Waals surface area (Å²) in [7, 11) is 0. The summed E-state index contributed by atoms with van der Waals surface area (Å²) >= 11 is 0. The Balaban J connectivity index is 1.59. The second kappa shape index (κ2) is 3.49. The van der Waals surface area contributed by atoms with Gasteiger partial charge in [0.05, 0.1) is 0 Å². The quantitative estimate of drug-likeness (QED) is 0.689. The van der Waals surface area contributed by atoms with Gasteiger partial charge < -0.3 is 10.1 Å². The lowest BCUT2D eigenvalue weighted by atomic mass is 9.86. The van der Waals surface area contributed by atoms with Gasteiger partial charge in [-0.3, -0.25) is 0 Å². The summed E-state index contributed by atoms with van der Waals surface area (Å²) in [4.78, 5) is 0. The van der Waals surface area contributed by atoms with Gasteiger partial charge in [-0.05, 0) is 55.9 Å². The van der Waals surface area contributed by atoms with E-state index in [1.165, 1.54) is 45.2 Å². The number of hydrogen-bond acceptors (Lipinski definition) is 2. The Kier molecular flexibility index (Phi) is 2.29. The second-order valence-corrected chi connectivity index (χ2v) is 5.43. The third-order valence-corrected chi connectivity index (χ3v) is 4.52. The summed E-state index contributed by atoms with van der Waals surface area (Å²) < 4.78 is 5.60. The number of rotatable bonds is 1. The Labute approximate surface area is 86.4 Å². The SMILES string of the molecule is C1COCC(C2CC23CCCNC3)C1. The zero-order valence-corrected chi connectivity index (χ0v) is 8.93. The Hall–Kier alpha value is -0.0800. The number of piperidine rings is 1. The molecule has 3 aliphatic rings. The molecule has 0 radical (unpaired) electrons. The van der Waals surface area contributed by atoms with E-state index < -0.39 is 0 Å². The maximum Gasteiger partial charge on any atom is 0.0497 e. The highest BCUT2D eigenvalue weighted by molar-refractivity contribution is 5.07. The zero-order chi connectivity index (χ0) is 9.43. The van der Waals surface area contributed by atoms with Gasteiger partial charge >= 0.3 is 0 Å². The average molecular weight is 195 g/mol. The van der Waals surface area contributed by atoms with E-state index in [4.69, 9.17) is 4.74 Å². The van der Waals surface area contributed by atoms with Crippen molar-refractivity contribution in [3.8, 4) is 0 Å². The first-order chi connectivity index (χ1) is 6.91. The van der Waals surface area contributed by atoms with E-state index in [1.54, 1.807) is 0 Å². The molecule has 0 aromatic carbocycles. The molecular weight excluding hydrogens is 174 g/mol. The van der Waals surface area contributed by atoms with Crippen molar-refractivity contribution in [2.45, 2.75) is 32.1 Å². The fraction of sp³-hybridized carbons (Fsp3) is 1.00. The van der Waals surface area contributed by atoms with Crippen LogP contribution in [0.15, 0.2) is 0 Å². The number of ether oxygens (including phenoxy) is 1. The summed E-state index contributed by atoms with van der Waals surface area (Å²) in [5.74, 6) is 1.89. The molecule has 0 aromatic heterocycles. The highest BCUT2D eigenvalue weighted by Gasteiger charge is 2.56. The van der Waals surface area contributed by atoms with Crippen molar-refractivity contribution in [1.82, 2.24) is 5.32 Å².